The first-order valence-electron chi connectivity index (χ1n) is 4.65. The summed E-state index contributed by atoms with van der Waals surface area (Å²) in [7, 11) is 0. The summed E-state index contributed by atoms with van der Waals surface area (Å²) >= 11 is 5.83. The van der Waals surface area contributed by atoms with Crippen LogP contribution in [-0.2, 0) is 4.79 Å². The van der Waals surface area contributed by atoms with Crippen LogP contribution in [0, 0.1) is 0 Å². The quantitative estimate of drug-likeness (QED) is 0.864. The highest BCUT2D eigenvalue weighted by molar-refractivity contribution is 6.31. The minimum Gasteiger partial charge on any atom is -0.548 e. The summed E-state index contributed by atoms with van der Waals surface area (Å²) in [4.78, 5) is 14.5. The number of rotatable bonds is 3. The second-order valence-corrected chi connectivity index (χ2v) is 3.68. The molecule has 1 N–H and O–H groups in total. The second kappa shape index (κ2) is 4.37. The van der Waals surface area contributed by atoms with Gasteiger partial charge in [0.1, 0.15) is 0 Å². The van der Waals surface area contributed by atoms with Gasteiger partial charge >= 0.3 is 0 Å². The molecular formula is C11H8ClN2O2-. The molecule has 4 nitrogen and oxygen atoms in total. The number of halogens is 1. The van der Waals surface area contributed by atoms with Gasteiger partial charge in [-0.05, 0) is 24.3 Å². The Morgan fingerprint density at radius 1 is 1.44 bits per heavy atom. The molecular weight excluding hydrogens is 228 g/mol. The Bertz CT molecular complexity index is 542. The first kappa shape index (κ1) is 10.7. The number of anilines is 1. The van der Waals surface area contributed by atoms with Crippen molar-refractivity contribution in [3.63, 3.8) is 0 Å². The van der Waals surface area contributed by atoms with Crippen LogP contribution >= 0.6 is 11.6 Å². The third-order valence-electron chi connectivity index (χ3n) is 2.13. The molecule has 0 saturated carbocycles. The molecule has 0 atom stereocenters. The lowest BCUT2D eigenvalue weighted by Gasteiger charge is -2.09. The van der Waals surface area contributed by atoms with Gasteiger partial charge in [0, 0.05) is 22.3 Å². The second-order valence-electron chi connectivity index (χ2n) is 3.25. The Labute approximate surface area is 96.9 Å². The van der Waals surface area contributed by atoms with Crippen LogP contribution in [0.15, 0.2) is 30.5 Å². The molecule has 0 aliphatic carbocycles. The van der Waals surface area contributed by atoms with E-state index in [2.05, 4.69) is 10.3 Å². The zero-order valence-corrected chi connectivity index (χ0v) is 8.99. The van der Waals surface area contributed by atoms with E-state index in [1.807, 2.05) is 0 Å². The van der Waals surface area contributed by atoms with Gasteiger partial charge in [-0.15, -0.1) is 0 Å². The number of carbonyl (C=O) groups is 1. The predicted molar refractivity (Wildman–Crippen MR) is 60.2 cm³/mol. The summed E-state index contributed by atoms with van der Waals surface area (Å²) in [6, 6.07) is 6.96. The number of carboxylic acids is 1. The van der Waals surface area contributed by atoms with Gasteiger partial charge in [-0.2, -0.15) is 0 Å². The van der Waals surface area contributed by atoms with Gasteiger partial charge < -0.3 is 15.2 Å². The molecule has 0 spiro atoms. The van der Waals surface area contributed by atoms with E-state index in [4.69, 9.17) is 11.6 Å². The van der Waals surface area contributed by atoms with E-state index in [1.165, 1.54) is 0 Å². The normalized spacial score (nSPS) is 10.3. The molecule has 1 heterocycles. The number of nitrogens with one attached hydrogen (secondary N) is 1. The van der Waals surface area contributed by atoms with Crippen molar-refractivity contribution in [1.29, 1.82) is 0 Å². The lowest BCUT2D eigenvalue weighted by molar-refractivity contribution is -0.302. The summed E-state index contributed by atoms with van der Waals surface area (Å²) in [5.74, 6) is -1.15. The molecule has 0 amide bonds. The van der Waals surface area contributed by atoms with E-state index >= 15 is 0 Å². The SMILES string of the molecule is O=C([O-])CNc1ccnc2cc(Cl)ccc12. The molecule has 0 saturated heterocycles. The van der Waals surface area contributed by atoms with Crippen molar-refractivity contribution in [3.05, 3.63) is 35.5 Å². The number of benzene rings is 1. The van der Waals surface area contributed by atoms with Crippen LogP contribution in [0.2, 0.25) is 5.02 Å². The molecule has 0 unspecified atom stereocenters. The number of carbonyl (C=O) groups excluding carboxylic acids is 1. The molecule has 5 heteroatoms. The molecule has 0 fully saturated rings. The van der Waals surface area contributed by atoms with Gasteiger partial charge in [0.2, 0.25) is 0 Å². The minimum atomic E-state index is -1.15. The van der Waals surface area contributed by atoms with Crippen LogP contribution in [0.4, 0.5) is 5.69 Å². The Kier molecular flexibility index (Phi) is 2.92. The highest BCUT2D eigenvalue weighted by Gasteiger charge is 2.01. The van der Waals surface area contributed by atoms with Crippen LogP contribution in [-0.4, -0.2) is 17.5 Å². The largest absolute Gasteiger partial charge is 0.548 e. The molecule has 1 aromatic heterocycles. The zero-order chi connectivity index (χ0) is 11.5. The zero-order valence-electron chi connectivity index (χ0n) is 8.24. The highest BCUT2D eigenvalue weighted by atomic mass is 35.5. The lowest BCUT2D eigenvalue weighted by atomic mass is 10.2. The topological polar surface area (TPSA) is 65.0 Å². The number of aliphatic carboxylic acids is 1. The number of pyridine rings is 1. The molecule has 0 bridgehead atoms. The van der Waals surface area contributed by atoms with Crippen molar-refractivity contribution in [2.75, 3.05) is 11.9 Å². The number of fused-ring (bicyclic) bond motifs is 1. The van der Waals surface area contributed by atoms with Crippen LogP contribution < -0.4 is 10.4 Å². The standard InChI is InChI=1S/C11H9ClN2O2/c12-7-1-2-8-9(14-6-11(15)16)3-4-13-10(8)5-7/h1-5H,6H2,(H,13,14)(H,15,16)/p-1. The fourth-order valence-corrected chi connectivity index (χ4v) is 1.61. The minimum absolute atomic E-state index is 0.234. The number of hydrogen-bond acceptors (Lipinski definition) is 4. The first-order valence-corrected chi connectivity index (χ1v) is 5.02. The molecule has 82 valence electrons. The van der Waals surface area contributed by atoms with Crippen molar-refractivity contribution in [2.45, 2.75) is 0 Å². The highest BCUT2D eigenvalue weighted by Crippen LogP contribution is 2.23. The number of hydrogen-bond donors (Lipinski definition) is 1. The van der Waals surface area contributed by atoms with E-state index in [9.17, 15) is 9.90 Å². The monoisotopic (exact) mass is 235 g/mol. The predicted octanol–water partition coefficient (Wildman–Crippen LogP) is 1.05. The third kappa shape index (κ3) is 2.23. The average Bonchev–Trinajstić information content (AvgIpc) is 2.25. The molecule has 2 aromatic rings. The van der Waals surface area contributed by atoms with Crippen LogP contribution in [0.5, 0.6) is 0 Å². The van der Waals surface area contributed by atoms with E-state index in [0.717, 1.165) is 10.9 Å². The van der Waals surface area contributed by atoms with Gasteiger partial charge in [0.15, 0.2) is 0 Å². The molecule has 1 aromatic carbocycles. The number of carboxylic acid groups (broad SMARTS) is 1. The van der Waals surface area contributed by atoms with E-state index < -0.39 is 5.97 Å². The van der Waals surface area contributed by atoms with E-state index in [1.54, 1.807) is 30.5 Å². The Hall–Kier alpha value is -1.81. The van der Waals surface area contributed by atoms with Gasteiger partial charge in [0.25, 0.3) is 0 Å². The van der Waals surface area contributed by atoms with Crippen molar-refractivity contribution >= 4 is 34.2 Å². The molecule has 0 aliphatic heterocycles. The Balaban J connectivity index is 2.41. The van der Waals surface area contributed by atoms with Crippen LogP contribution in [0.25, 0.3) is 10.9 Å². The number of nitrogens with zero attached hydrogens (tertiary/aromatic N) is 1. The average molecular weight is 236 g/mol. The Morgan fingerprint density at radius 3 is 3.00 bits per heavy atom. The van der Waals surface area contributed by atoms with Crippen LogP contribution in [0.3, 0.4) is 0 Å². The van der Waals surface area contributed by atoms with Crippen molar-refractivity contribution in [3.8, 4) is 0 Å². The summed E-state index contributed by atoms with van der Waals surface area (Å²) in [5, 5.41) is 14.5. The van der Waals surface area contributed by atoms with E-state index in [0.29, 0.717) is 10.7 Å². The Morgan fingerprint density at radius 2 is 2.25 bits per heavy atom. The van der Waals surface area contributed by atoms with Crippen LogP contribution in [0.1, 0.15) is 0 Å². The van der Waals surface area contributed by atoms with E-state index in [-0.39, 0.29) is 6.54 Å². The summed E-state index contributed by atoms with van der Waals surface area (Å²) in [6.45, 7) is -0.234. The maximum Gasteiger partial charge on any atom is 0.0737 e. The lowest BCUT2D eigenvalue weighted by Crippen LogP contribution is -2.30. The first-order chi connectivity index (χ1) is 7.66. The maximum absolute atomic E-state index is 10.4. The molecule has 16 heavy (non-hydrogen) atoms. The number of aromatic nitrogens is 1. The van der Waals surface area contributed by atoms with Gasteiger partial charge in [0.05, 0.1) is 18.0 Å². The van der Waals surface area contributed by atoms with Crippen molar-refractivity contribution in [1.82, 2.24) is 4.98 Å². The third-order valence-corrected chi connectivity index (χ3v) is 2.36. The summed E-state index contributed by atoms with van der Waals surface area (Å²) in [6.07, 6.45) is 1.59. The fraction of sp³-hybridized carbons (Fsp3) is 0.0909. The maximum atomic E-state index is 10.4. The molecule has 0 aliphatic rings. The summed E-state index contributed by atoms with van der Waals surface area (Å²) < 4.78 is 0. The van der Waals surface area contributed by atoms with Gasteiger partial charge in [-0.1, -0.05) is 11.6 Å². The summed E-state index contributed by atoms with van der Waals surface area (Å²) in [5.41, 5.74) is 1.42. The fourth-order valence-electron chi connectivity index (χ4n) is 1.44. The van der Waals surface area contributed by atoms with Crippen molar-refractivity contribution in [2.24, 2.45) is 0 Å². The smallest absolute Gasteiger partial charge is 0.0737 e. The molecule has 2 rings (SSSR count). The molecule has 0 radical (unpaired) electrons. The van der Waals surface area contributed by atoms with Gasteiger partial charge in [-0.25, -0.2) is 0 Å². The van der Waals surface area contributed by atoms with Crippen molar-refractivity contribution < 1.29 is 9.90 Å². The van der Waals surface area contributed by atoms with Gasteiger partial charge in [-0.3, -0.25) is 4.98 Å².